The van der Waals surface area contributed by atoms with Gasteiger partial charge >= 0.3 is 5.97 Å². The minimum absolute atomic E-state index is 0.489. The summed E-state index contributed by atoms with van der Waals surface area (Å²) in [5, 5.41) is 11.2. The van der Waals surface area contributed by atoms with Crippen molar-refractivity contribution < 1.29 is 14.6 Å². The largest absolute Gasteiger partial charge is 0.479 e. The van der Waals surface area contributed by atoms with Gasteiger partial charge in [-0.2, -0.15) is 0 Å². The number of aliphatic imine (C=N–C) groups is 1. The van der Waals surface area contributed by atoms with E-state index in [1.807, 2.05) is 30.3 Å². The Morgan fingerprint density at radius 1 is 1.15 bits per heavy atom. The first-order chi connectivity index (χ1) is 9.70. The maximum atomic E-state index is 11.1. The summed E-state index contributed by atoms with van der Waals surface area (Å²) in [7, 11) is 0. The molecule has 2 aromatic carbocycles. The van der Waals surface area contributed by atoms with Gasteiger partial charge in [0.05, 0.1) is 5.16 Å². The molecule has 1 atom stereocenters. The molecule has 0 bridgehead atoms. The SMILES string of the molecule is O=C(O)C(N=C=S)c1cccc(Oc2ccccc2)c1. The molecule has 0 heterocycles. The van der Waals surface area contributed by atoms with Crippen LogP contribution in [-0.2, 0) is 4.79 Å². The van der Waals surface area contributed by atoms with Gasteiger partial charge in [-0.25, -0.2) is 9.79 Å². The number of rotatable bonds is 5. The van der Waals surface area contributed by atoms with E-state index in [1.165, 1.54) is 0 Å². The summed E-state index contributed by atoms with van der Waals surface area (Å²) in [6.07, 6.45) is 0. The van der Waals surface area contributed by atoms with Crippen LogP contribution < -0.4 is 4.74 Å². The summed E-state index contributed by atoms with van der Waals surface area (Å²) < 4.78 is 5.65. The monoisotopic (exact) mass is 285 g/mol. The number of thiocarbonyl (C=S) groups is 1. The van der Waals surface area contributed by atoms with E-state index in [0.717, 1.165) is 0 Å². The van der Waals surface area contributed by atoms with E-state index < -0.39 is 12.0 Å². The topological polar surface area (TPSA) is 58.9 Å². The van der Waals surface area contributed by atoms with Crippen LogP contribution in [0.15, 0.2) is 59.6 Å². The van der Waals surface area contributed by atoms with Gasteiger partial charge in [0.15, 0.2) is 6.04 Å². The summed E-state index contributed by atoms with van der Waals surface area (Å²) in [6, 6.07) is 14.9. The van der Waals surface area contributed by atoms with Crippen molar-refractivity contribution in [2.75, 3.05) is 0 Å². The molecule has 0 radical (unpaired) electrons. The van der Waals surface area contributed by atoms with Crippen LogP contribution in [0.25, 0.3) is 0 Å². The smallest absolute Gasteiger partial charge is 0.333 e. The highest BCUT2D eigenvalue weighted by Gasteiger charge is 2.18. The van der Waals surface area contributed by atoms with Crippen LogP contribution in [-0.4, -0.2) is 16.2 Å². The number of carboxylic acid groups (broad SMARTS) is 1. The van der Waals surface area contributed by atoms with Crippen molar-refractivity contribution in [1.29, 1.82) is 0 Å². The highest BCUT2D eigenvalue weighted by molar-refractivity contribution is 7.78. The van der Waals surface area contributed by atoms with Gasteiger partial charge in [-0.3, -0.25) is 0 Å². The standard InChI is InChI=1S/C15H11NO3S/c17-15(18)14(16-10-20)11-5-4-8-13(9-11)19-12-6-2-1-3-7-12/h1-9,14H,(H,17,18). The first-order valence-electron chi connectivity index (χ1n) is 5.83. The molecule has 20 heavy (non-hydrogen) atoms. The van der Waals surface area contributed by atoms with E-state index in [-0.39, 0.29) is 0 Å². The number of hydrogen-bond acceptors (Lipinski definition) is 4. The van der Waals surface area contributed by atoms with E-state index in [0.29, 0.717) is 17.1 Å². The lowest BCUT2D eigenvalue weighted by molar-refractivity contribution is -0.138. The molecule has 0 aliphatic carbocycles. The van der Waals surface area contributed by atoms with Gasteiger partial charge < -0.3 is 9.84 Å². The fraction of sp³-hybridized carbons (Fsp3) is 0.0667. The predicted octanol–water partition coefficient (Wildman–Crippen LogP) is 3.71. The van der Waals surface area contributed by atoms with Crippen LogP contribution in [0.4, 0.5) is 0 Å². The third-order valence-corrected chi connectivity index (χ3v) is 2.67. The molecular weight excluding hydrogens is 274 g/mol. The summed E-state index contributed by atoms with van der Waals surface area (Å²) in [4.78, 5) is 14.8. The lowest BCUT2D eigenvalue weighted by Gasteiger charge is -2.09. The molecule has 0 saturated heterocycles. The average Bonchev–Trinajstić information content (AvgIpc) is 2.46. The second-order valence-corrected chi connectivity index (χ2v) is 4.13. The summed E-state index contributed by atoms with van der Waals surface area (Å²) >= 11 is 4.47. The third kappa shape index (κ3) is 3.51. The minimum atomic E-state index is -1.08. The van der Waals surface area contributed by atoms with Crippen molar-refractivity contribution in [2.45, 2.75) is 6.04 Å². The third-order valence-electron chi connectivity index (χ3n) is 2.57. The van der Waals surface area contributed by atoms with E-state index >= 15 is 0 Å². The van der Waals surface area contributed by atoms with Gasteiger partial charge in [0.1, 0.15) is 11.5 Å². The molecule has 2 rings (SSSR count). The summed E-state index contributed by atoms with van der Waals surface area (Å²) in [5.74, 6) is 0.133. The highest BCUT2D eigenvalue weighted by Crippen LogP contribution is 2.26. The summed E-state index contributed by atoms with van der Waals surface area (Å²) in [6.45, 7) is 0. The lowest BCUT2D eigenvalue weighted by Crippen LogP contribution is -2.08. The Kier molecular flexibility index (Phi) is 4.60. The van der Waals surface area contributed by atoms with Gasteiger partial charge in [0, 0.05) is 0 Å². The molecule has 0 aromatic heterocycles. The molecule has 0 saturated carbocycles. The average molecular weight is 285 g/mol. The number of carbonyl (C=O) groups is 1. The normalized spacial score (nSPS) is 11.2. The fourth-order valence-corrected chi connectivity index (χ4v) is 1.80. The second kappa shape index (κ2) is 6.61. The first kappa shape index (κ1) is 13.9. The number of isothiocyanates is 1. The predicted molar refractivity (Wildman–Crippen MR) is 78.4 cm³/mol. The van der Waals surface area contributed by atoms with Crippen LogP contribution in [0, 0.1) is 0 Å². The molecule has 1 unspecified atom stereocenters. The molecule has 0 fully saturated rings. The Bertz CT molecular complexity index is 649. The molecule has 1 N–H and O–H groups in total. The highest BCUT2D eigenvalue weighted by atomic mass is 32.1. The zero-order valence-electron chi connectivity index (χ0n) is 10.4. The van der Waals surface area contributed by atoms with Crippen LogP contribution in [0.5, 0.6) is 11.5 Å². The van der Waals surface area contributed by atoms with Crippen molar-refractivity contribution in [1.82, 2.24) is 0 Å². The van der Waals surface area contributed by atoms with Crippen molar-refractivity contribution in [3.05, 3.63) is 60.2 Å². The first-order valence-corrected chi connectivity index (χ1v) is 6.24. The van der Waals surface area contributed by atoms with Crippen molar-refractivity contribution in [3.63, 3.8) is 0 Å². The Balaban J connectivity index is 2.27. The maximum Gasteiger partial charge on any atom is 0.333 e. The van der Waals surface area contributed by atoms with Crippen molar-refractivity contribution in [2.24, 2.45) is 4.99 Å². The van der Waals surface area contributed by atoms with Crippen molar-refractivity contribution in [3.8, 4) is 11.5 Å². The number of benzene rings is 2. The van der Waals surface area contributed by atoms with Gasteiger partial charge in [-0.1, -0.05) is 30.3 Å². The molecule has 100 valence electrons. The van der Waals surface area contributed by atoms with Crippen molar-refractivity contribution >= 4 is 23.3 Å². The summed E-state index contributed by atoms with van der Waals surface area (Å²) in [5.41, 5.74) is 0.489. The number of aliphatic carboxylic acids is 1. The Morgan fingerprint density at radius 3 is 2.50 bits per heavy atom. The second-order valence-electron chi connectivity index (χ2n) is 3.95. The van der Waals surface area contributed by atoms with Crippen LogP contribution >= 0.6 is 12.2 Å². The van der Waals surface area contributed by atoms with Gasteiger partial charge in [-0.15, -0.1) is 0 Å². The number of para-hydroxylation sites is 1. The van der Waals surface area contributed by atoms with Gasteiger partial charge in [0.2, 0.25) is 0 Å². The quantitative estimate of drug-likeness (QED) is 0.672. The van der Waals surface area contributed by atoms with E-state index in [2.05, 4.69) is 22.4 Å². The van der Waals surface area contributed by atoms with E-state index in [9.17, 15) is 4.79 Å². The van der Waals surface area contributed by atoms with E-state index in [1.54, 1.807) is 24.3 Å². The molecular formula is C15H11NO3S. The number of carboxylic acids is 1. The molecule has 5 heteroatoms. The molecule has 0 spiro atoms. The number of ether oxygens (including phenoxy) is 1. The number of nitrogens with zero attached hydrogens (tertiary/aromatic N) is 1. The molecule has 0 amide bonds. The lowest BCUT2D eigenvalue weighted by atomic mass is 10.1. The molecule has 0 aliphatic rings. The van der Waals surface area contributed by atoms with Gasteiger partial charge in [-0.05, 0) is 42.0 Å². The zero-order chi connectivity index (χ0) is 14.4. The minimum Gasteiger partial charge on any atom is -0.479 e. The van der Waals surface area contributed by atoms with Crippen LogP contribution in [0.2, 0.25) is 0 Å². The fourth-order valence-electron chi connectivity index (χ4n) is 1.70. The molecule has 2 aromatic rings. The zero-order valence-corrected chi connectivity index (χ0v) is 11.2. The van der Waals surface area contributed by atoms with Crippen LogP contribution in [0.3, 0.4) is 0 Å². The molecule has 0 aliphatic heterocycles. The Morgan fingerprint density at radius 2 is 1.85 bits per heavy atom. The van der Waals surface area contributed by atoms with Crippen LogP contribution in [0.1, 0.15) is 11.6 Å². The van der Waals surface area contributed by atoms with Gasteiger partial charge in [0.25, 0.3) is 0 Å². The Hall–Kier alpha value is -2.49. The maximum absolute atomic E-state index is 11.1. The Labute approximate surface area is 121 Å². The number of hydrogen-bond donors (Lipinski definition) is 1. The molecule has 4 nitrogen and oxygen atoms in total. The van der Waals surface area contributed by atoms with E-state index in [4.69, 9.17) is 9.84 Å².